The van der Waals surface area contributed by atoms with Gasteiger partial charge in [-0.05, 0) is 15.9 Å². The van der Waals surface area contributed by atoms with Crippen LogP contribution in [-0.4, -0.2) is 26.7 Å². The minimum atomic E-state index is -0.413. The van der Waals surface area contributed by atoms with Gasteiger partial charge in [0.25, 0.3) is 0 Å². The molecule has 74 valence electrons. The van der Waals surface area contributed by atoms with Crippen molar-refractivity contribution < 1.29 is 4.74 Å². The fourth-order valence-electron chi connectivity index (χ4n) is 1.02. The number of aromatic nitrogens is 4. The second-order valence-electron chi connectivity index (χ2n) is 2.42. The number of hydrogen-bond donors (Lipinski definition) is 2. The molecule has 0 atom stereocenters. The predicted molar refractivity (Wildman–Crippen MR) is 55.1 cm³/mol. The summed E-state index contributed by atoms with van der Waals surface area (Å²) in [6, 6.07) is 0. The molecule has 2 rings (SSSR count). The Morgan fingerprint density at radius 3 is 3.00 bits per heavy atom. The van der Waals surface area contributed by atoms with Gasteiger partial charge in [-0.2, -0.15) is 4.52 Å². The van der Waals surface area contributed by atoms with Crippen LogP contribution < -0.4 is 10.4 Å². The molecular formula is C6H5BrN4O2S. The van der Waals surface area contributed by atoms with Gasteiger partial charge in [-0.1, -0.05) is 0 Å². The highest BCUT2D eigenvalue weighted by molar-refractivity contribution is 9.10. The van der Waals surface area contributed by atoms with Gasteiger partial charge in [0.05, 0.1) is 7.11 Å². The maximum Gasteiger partial charge on any atom is 0.350 e. The summed E-state index contributed by atoms with van der Waals surface area (Å²) in [7, 11) is 1.46. The standard InChI is InChI=1S/C6H5BrN4O2S/c1-13-4-2(7)3-8-5(14)9-6(12)11(3)10-4/h1H3,(H2,8,9,12,14). The normalized spacial score (nSPS) is 10.8. The molecule has 0 aliphatic rings. The van der Waals surface area contributed by atoms with Crippen LogP contribution in [0.15, 0.2) is 14.4 Å². The van der Waals surface area contributed by atoms with Crippen molar-refractivity contribution in [1.29, 1.82) is 0 Å². The van der Waals surface area contributed by atoms with Gasteiger partial charge in [-0.25, -0.2) is 9.78 Å². The lowest BCUT2D eigenvalue weighted by Gasteiger charge is -1.92. The van der Waals surface area contributed by atoms with Gasteiger partial charge in [-0.3, -0.25) is 4.98 Å². The second-order valence-corrected chi connectivity index (χ2v) is 3.64. The Bertz CT molecular complexity index is 548. The summed E-state index contributed by atoms with van der Waals surface area (Å²) >= 11 is 7.17. The van der Waals surface area contributed by atoms with Crippen LogP contribution in [0, 0.1) is 0 Å². The van der Waals surface area contributed by atoms with Crippen molar-refractivity contribution in [3.05, 3.63) is 15.0 Å². The van der Waals surface area contributed by atoms with Crippen LogP contribution in [-0.2, 0) is 0 Å². The summed E-state index contributed by atoms with van der Waals surface area (Å²) in [5.41, 5.74) is -0.0420. The van der Waals surface area contributed by atoms with Gasteiger partial charge in [0.15, 0.2) is 10.8 Å². The topological polar surface area (TPSA) is 72.3 Å². The first-order valence-corrected chi connectivity index (χ1v) is 4.79. The number of aromatic amines is 1. The van der Waals surface area contributed by atoms with E-state index in [0.717, 1.165) is 4.52 Å². The van der Waals surface area contributed by atoms with Crippen LogP contribution in [0.1, 0.15) is 0 Å². The van der Waals surface area contributed by atoms with Gasteiger partial charge < -0.3 is 4.74 Å². The van der Waals surface area contributed by atoms with Crippen LogP contribution >= 0.6 is 28.6 Å². The quantitative estimate of drug-likeness (QED) is 0.744. The zero-order chi connectivity index (χ0) is 10.3. The molecule has 6 nitrogen and oxygen atoms in total. The number of thiol groups is 1. The SMILES string of the molecule is COc1nn2c(=O)[nH]c(S)nc2c1Br. The number of fused-ring (bicyclic) bond motifs is 1. The number of nitrogens with one attached hydrogen (secondary N) is 1. The summed E-state index contributed by atoms with van der Waals surface area (Å²) in [5.74, 6) is 0.307. The van der Waals surface area contributed by atoms with Crippen molar-refractivity contribution in [2.75, 3.05) is 7.11 Å². The van der Waals surface area contributed by atoms with E-state index in [0.29, 0.717) is 16.0 Å². The van der Waals surface area contributed by atoms with E-state index in [1.54, 1.807) is 0 Å². The van der Waals surface area contributed by atoms with Crippen LogP contribution in [0.3, 0.4) is 0 Å². The minimum Gasteiger partial charge on any atom is -0.479 e. The van der Waals surface area contributed by atoms with Gasteiger partial charge in [-0.15, -0.1) is 17.7 Å². The Morgan fingerprint density at radius 1 is 1.64 bits per heavy atom. The molecule has 0 saturated heterocycles. The van der Waals surface area contributed by atoms with E-state index in [1.165, 1.54) is 7.11 Å². The lowest BCUT2D eigenvalue weighted by molar-refractivity contribution is 0.392. The molecule has 0 amide bonds. The van der Waals surface area contributed by atoms with E-state index in [2.05, 4.69) is 43.6 Å². The molecule has 0 radical (unpaired) electrons. The van der Waals surface area contributed by atoms with Gasteiger partial charge in [0, 0.05) is 0 Å². The van der Waals surface area contributed by atoms with E-state index < -0.39 is 5.69 Å². The Kier molecular flexibility index (Phi) is 2.23. The van der Waals surface area contributed by atoms with E-state index >= 15 is 0 Å². The third kappa shape index (κ3) is 1.30. The van der Waals surface area contributed by atoms with E-state index in [1.807, 2.05) is 0 Å². The molecule has 0 aliphatic heterocycles. The molecule has 0 unspecified atom stereocenters. The third-order valence-corrected chi connectivity index (χ3v) is 2.50. The maximum atomic E-state index is 11.4. The van der Waals surface area contributed by atoms with E-state index in [-0.39, 0.29) is 5.16 Å². The predicted octanol–water partition coefficient (Wildman–Crippen LogP) is 0.477. The summed E-state index contributed by atoms with van der Waals surface area (Å²) in [4.78, 5) is 17.7. The Morgan fingerprint density at radius 2 is 2.36 bits per heavy atom. The zero-order valence-electron chi connectivity index (χ0n) is 6.98. The summed E-state index contributed by atoms with van der Waals surface area (Å²) in [5, 5.41) is 4.11. The third-order valence-electron chi connectivity index (χ3n) is 1.59. The molecular weight excluding hydrogens is 272 g/mol. The van der Waals surface area contributed by atoms with Crippen molar-refractivity contribution in [2.45, 2.75) is 5.16 Å². The molecule has 0 aromatic carbocycles. The maximum absolute atomic E-state index is 11.4. The molecule has 14 heavy (non-hydrogen) atoms. The summed E-state index contributed by atoms with van der Waals surface area (Å²) in [6.45, 7) is 0. The second kappa shape index (κ2) is 3.28. The molecule has 1 N–H and O–H groups in total. The molecule has 0 fully saturated rings. The van der Waals surface area contributed by atoms with Crippen molar-refractivity contribution in [3.63, 3.8) is 0 Å². The van der Waals surface area contributed by atoms with Crippen molar-refractivity contribution >= 4 is 34.2 Å². The number of hydrogen-bond acceptors (Lipinski definition) is 5. The number of ether oxygens (including phenoxy) is 1. The molecule has 8 heteroatoms. The first-order chi connectivity index (χ1) is 6.63. The number of methoxy groups -OCH3 is 1. The van der Waals surface area contributed by atoms with Gasteiger partial charge in [0.2, 0.25) is 5.88 Å². The average molecular weight is 277 g/mol. The van der Waals surface area contributed by atoms with Crippen molar-refractivity contribution in [2.24, 2.45) is 0 Å². The molecule has 0 bridgehead atoms. The largest absolute Gasteiger partial charge is 0.479 e. The number of halogens is 1. The number of H-pyrrole nitrogens is 1. The highest BCUT2D eigenvalue weighted by Gasteiger charge is 2.14. The monoisotopic (exact) mass is 276 g/mol. The summed E-state index contributed by atoms with van der Waals surface area (Å²) in [6.07, 6.45) is 0. The number of rotatable bonds is 1. The molecule has 0 saturated carbocycles. The lowest BCUT2D eigenvalue weighted by Crippen LogP contribution is -2.18. The van der Waals surface area contributed by atoms with E-state index in [9.17, 15) is 4.79 Å². The molecule has 0 aliphatic carbocycles. The fourth-order valence-corrected chi connectivity index (χ4v) is 1.70. The molecule has 2 heterocycles. The minimum absolute atomic E-state index is 0.228. The number of nitrogens with zero attached hydrogens (tertiary/aromatic N) is 3. The van der Waals surface area contributed by atoms with E-state index in [4.69, 9.17) is 4.74 Å². The Hall–Kier alpha value is -1.02. The molecule has 2 aromatic rings. The van der Waals surface area contributed by atoms with Gasteiger partial charge in [0.1, 0.15) is 4.47 Å². The lowest BCUT2D eigenvalue weighted by atomic mass is 10.6. The van der Waals surface area contributed by atoms with Crippen LogP contribution in [0.5, 0.6) is 5.88 Å². The van der Waals surface area contributed by atoms with Crippen LogP contribution in [0.25, 0.3) is 5.65 Å². The van der Waals surface area contributed by atoms with Crippen LogP contribution in [0.4, 0.5) is 0 Å². The average Bonchev–Trinajstić information content (AvgIpc) is 2.44. The van der Waals surface area contributed by atoms with Crippen LogP contribution in [0.2, 0.25) is 0 Å². The molecule has 0 spiro atoms. The molecule has 2 aromatic heterocycles. The summed E-state index contributed by atoms with van der Waals surface area (Å²) < 4.78 is 6.56. The Balaban J connectivity index is 2.92. The Labute approximate surface area is 91.8 Å². The first kappa shape index (κ1) is 9.53. The fraction of sp³-hybridized carbons (Fsp3) is 0.167. The van der Waals surface area contributed by atoms with Crippen molar-refractivity contribution in [3.8, 4) is 5.88 Å². The smallest absolute Gasteiger partial charge is 0.350 e. The van der Waals surface area contributed by atoms with Gasteiger partial charge >= 0.3 is 5.69 Å². The zero-order valence-corrected chi connectivity index (χ0v) is 9.46. The van der Waals surface area contributed by atoms with Crippen molar-refractivity contribution in [1.82, 2.24) is 19.6 Å². The highest BCUT2D eigenvalue weighted by Crippen LogP contribution is 2.25. The first-order valence-electron chi connectivity index (χ1n) is 3.55. The highest BCUT2D eigenvalue weighted by atomic mass is 79.9.